The van der Waals surface area contributed by atoms with Crippen LogP contribution in [-0.2, 0) is 10.0 Å². The Morgan fingerprint density at radius 1 is 1.40 bits per heavy atom. The summed E-state index contributed by atoms with van der Waals surface area (Å²) in [6.07, 6.45) is 1.59. The summed E-state index contributed by atoms with van der Waals surface area (Å²) in [5.74, 6) is 0. The van der Waals surface area contributed by atoms with E-state index in [0.717, 1.165) is 18.9 Å². The van der Waals surface area contributed by atoms with Crippen LogP contribution in [0.5, 0.6) is 0 Å². The number of sulfonamides is 1. The number of nitro benzene ring substituents is 1. The van der Waals surface area contributed by atoms with Crippen molar-refractivity contribution in [3.63, 3.8) is 0 Å². The number of nitrogens with two attached hydrogens (primary N) is 1. The van der Waals surface area contributed by atoms with Crippen LogP contribution >= 0.6 is 0 Å². The minimum absolute atomic E-state index is 0.0392. The maximum atomic E-state index is 12.4. The number of nitrogens with zero attached hydrogens (tertiary/aromatic N) is 2. The van der Waals surface area contributed by atoms with Gasteiger partial charge in [-0.25, -0.2) is 12.7 Å². The lowest BCUT2D eigenvalue weighted by molar-refractivity contribution is -0.384. The van der Waals surface area contributed by atoms with Crippen molar-refractivity contribution >= 4 is 21.4 Å². The number of aryl methyl sites for hydroxylation is 1. The van der Waals surface area contributed by atoms with Crippen molar-refractivity contribution in [2.24, 2.45) is 0 Å². The highest BCUT2D eigenvalue weighted by Gasteiger charge is 2.26. The van der Waals surface area contributed by atoms with E-state index < -0.39 is 20.6 Å². The lowest BCUT2D eigenvalue weighted by Gasteiger charge is -2.18. The fourth-order valence-electron chi connectivity index (χ4n) is 1.80. The topological polar surface area (TPSA) is 107 Å². The minimum Gasteiger partial charge on any atom is -0.393 e. The van der Waals surface area contributed by atoms with Gasteiger partial charge in [0.25, 0.3) is 5.69 Å². The largest absolute Gasteiger partial charge is 0.393 e. The molecule has 0 saturated heterocycles. The predicted molar refractivity (Wildman–Crippen MR) is 77.0 cm³/mol. The number of hydrogen-bond donors (Lipinski definition) is 1. The molecule has 1 aromatic rings. The van der Waals surface area contributed by atoms with E-state index >= 15 is 0 Å². The molecule has 7 nitrogen and oxygen atoms in total. The normalized spacial score (nSPS) is 11.8. The van der Waals surface area contributed by atoms with E-state index in [2.05, 4.69) is 0 Å². The highest BCUT2D eigenvalue weighted by molar-refractivity contribution is 7.89. The van der Waals surface area contributed by atoms with E-state index in [4.69, 9.17) is 5.73 Å². The number of benzene rings is 1. The van der Waals surface area contributed by atoms with E-state index in [0.29, 0.717) is 12.1 Å². The molecule has 0 atom stereocenters. The van der Waals surface area contributed by atoms with E-state index in [1.807, 2.05) is 6.92 Å². The molecule has 1 aromatic carbocycles. The Kier molecular flexibility index (Phi) is 5.07. The van der Waals surface area contributed by atoms with Crippen molar-refractivity contribution in [3.05, 3.63) is 27.8 Å². The van der Waals surface area contributed by atoms with Gasteiger partial charge in [0.05, 0.1) is 9.82 Å². The van der Waals surface area contributed by atoms with Crippen LogP contribution in [0, 0.1) is 17.0 Å². The molecule has 0 heterocycles. The zero-order chi connectivity index (χ0) is 15.5. The molecule has 0 radical (unpaired) electrons. The second-order valence-electron chi connectivity index (χ2n) is 4.61. The van der Waals surface area contributed by atoms with Gasteiger partial charge in [-0.1, -0.05) is 13.3 Å². The molecule has 0 amide bonds. The number of hydrogen-bond acceptors (Lipinski definition) is 5. The lowest BCUT2D eigenvalue weighted by Crippen LogP contribution is -2.28. The molecule has 112 valence electrons. The molecular formula is C12H19N3O4S. The number of rotatable bonds is 6. The van der Waals surface area contributed by atoms with Gasteiger partial charge in [-0.05, 0) is 25.0 Å². The summed E-state index contributed by atoms with van der Waals surface area (Å²) < 4.78 is 26.0. The first-order chi connectivity index (χ1) is 9.21. The van der Waals surface area contributed by atoms with Crippen molar-refractivity contribution in [1.82, 2.24) is 4.31 Å². The first kappa shape index (κ1) is 16.4. The predicted octanol–water partition coefficient (Wildman–Crippen LogP) is 1.91. The monoisotopic (exact) mass is 301 g/mol. The van der Waals surface area contributed by atoms with Gasteiger partial charge in [0.15, 0.2) is 0 Å². The maximum absolute atomic E-state index is 12.4. The molecule has 0 aromatic heterocycles. The Balaban J connectivity index is 3.31. The Bertz CT molecular complexity index is 613. The molecule has 1 rings (SSSR count). The maximum Gasteiger partial charge on any atom is 0.293 e. The van der Waals surface area contributed by atoms with Crippen molar-refractivity contribution in [1.29, 1.82) is 0 Å². The van der Waals surface area contributed by atoms with E-state index in [1.54, 1.807) is 6.92 Å². The SMILES string of the molecule is CCCCN(C)S(=O)(=O)c1cc([N+](=O)[O-])c(N)cc1C. The van der Waals surface area contributed by atoms with Gasteiger partial charge in [-0.3, -0.25) is 10.1 Å². The highest BCUT2D eigenvalue weighted by atomic mass is 32.2. The molecule has 8 heteroatoms. The summed E-state index contributed by atoms with van der Waals surface area (Å²) in [6.45, 7) is 3.90. The molecule has 2 N–H and O–H groups in total. The molecule has 0 spiro atoms. The molecule has 0 fully saturated rings. The number of unbranched alkanes of at least 4 members (excludes halogenated alkanes) is 1. The summed E-state index contributed by atoms with van der Waals surface area (Å²) in [5.41, 5.74) is 5.51. The van der Waals surface area contributed by atoms with Crippen LogP contribution in [0.2, 0.25) is 0 Å². The Labute approximate surface area is 118 Å². The van der Waals surface area contributed by atoms with Crippen molar-refractivity contribution < 1.29 is 13.3 Å². The third kappa shape index (κ3) is 3.26. The summed E-state index contributed by atoms with van der Waals surface area (Å²) >= 11 is 0. The zero-order valence-corrected chi connectivity index (χ0v) is 12.6. The first-order valence-corrected chi connectivity index (χ1v) is 7.66. The minimum atomic E-state index is -3.74. The van der Waals surface area contributed by atoms with Gasteiger partial charge in [0.1, 0.15) is 5.69 Å². The quantitative estimate of drug-likeness (QED) is 0.490. The molecule has 0 aliphatic heterocycles. The molecule has 0 unspecified atom stereocenters. The summed E-state index contributed by atoms with van der Waals surface area (Å²) in [5, 5.41) is 10.9. The van der Waals surface area contributed by atoms with Crippen LogP contribution < -0.4 is 5.73 Å². The van der Waals surface area contributed by atoms with Crippen molar-refractivity contribution in [2.75, 3.05) is 19.3 Å². The van der Waals surface area contributed by atoms with Gasteiger partial charge in [-0.15, -0.1) is 0 Å². The molecule has 0 aliphatic rings. The third-order valence-electron chi connectivity index (χ3n) is 3.04. The fourth-order valence-corrected chi connectivity index (χ4v) is 3.24. The molecule has 0 saturated carbocycles. The van der Waals surface area contributed by atoms with E-state index in [1.165, 1.54) is 17.4 Å². The molecular weight excluding hydrogens is 282 g/mol. The summed E-state index contributed by atoms with van der Waals surface area (Å²) in [6, 6.07) is 2.35. The van der Waals surface area contributed by atoms with Crippen molar-refractivity contribution in [2.45, 2.75) is 31.6 Å². The Morgan fingerprint density at radius 3 is 2.50 bits per heavy atom. The average Bonchev–Trinajstić information content (AvgIpc) is 2.34. The fraction of sp³-hybridized carbons (Fsp3) is 0.500. The number of nitrogen functional groups attached to an aromatic ring is 1. The smallest absolute Gasteiger partial charge is 0.293 e. The van der Waals surface area contributed by atoms with Crippen LogP contribution in [0.15, 0.2) is 17.0 Å². The molecule has 0 aliphatic carbocycles. The second kappa shape index (κ2) is 6.19. The molecule has 0 bridgehead atoms. The Hall–Kier alpha value is -1.67. The van der Waals surface area contributed by atoms with Crippen LogP contribution in [0.1, 0.15) is 25.3 Å². The zero-order valence-electron chi connectivity index (χ0n) is 11.8. The van der Waals surface area contributed by atoms with Crippen LogP contribution in [-0.4, -0.2) is 31.2 Å². The number of nitro groups is 1. The standard InChI is InChI=1S/C12H19N3O4S/c1-4-5-6-14(3)20(18,19)12-8-11(15(16)17)10(13)7-9(12)2/h7-8H,4-6,13H2,1-3H3. The van der Waals surface area contributed by atoms with Crippen LogP contribution in [0.25, 0.3) is 0 Å². The van der Waals surface area contributed by atoms with Crippen LogP contribution in [0.3, 0.4) is 0 Å². The summed E-state index contributed by atoms with van der Waals surface area (Å²) in [4.78, 5) is 10.1. The lowest BCUT2D eigenvalue weighted by atomic mass is 10.2. The first-order valence-electron chi connectivity index (χ1n) is 6.22. The molecule has 20 heavy (non-hydrogen) atoms. The van der Waals surface area contributed by atoms with E-state index in [-0.39, 0.29) is 10.6 Å². The highest BCUT2D eigenvalue weighted by Crippen LogP contribution is 2.29. The van der Waals surface area contributed by atoms with Gasteiger partial charge in [0.2, 0.25) is 10.0 Å². The van der Waals surface area contributed by atoms with Gasteiger partial charge < -0.3 is 5.73 Å². The Morgan fingerprint density at radius 2 is 2.00 bits per heavy atom. The van der Waals surface area contributed by atoms with Gasteiger partial charge in [-0.2, -0.15) is 0 Å². The van der Waals surface area contributed by atoms with Gasteiger partial charge >= 0.3 is 0 Å². The van der Waals surface area contributed by atoms with Gasteiger partial charge in [0, 0.05) is 19.7 Å². The number of anilines is 1. The third-order valence-corrected chi connectivity index (χ3v) is 5.03. The second-order valence-corrected chi connectivity index (χ2v) is 6.63. The van der Waals surface area contributed by atoms with Crippen molar-refractivity contribution in [3.8, 4) is 0 Å². The summed E-state index contributed by atoms with van der Waals surface area (Å²) in [7, 11) is -2.28. The average molecular weight is 301 g/mol. The van der Waals surface area contributed by atoms with E-state index in [9.17, 15) is 18.5 Å². The van der Waals surface area contributed by atoms with Crippen LogP contribution in [0.4, 0.5) is 11.4 Å².